The first-order valence-corrected chi connectivity index (χ1v) is 11.0. The number of benzene rings is 2. The maximum atomic E-state index is 12.4. The summed E-state index contributed by atoms with van der Waals surface area (Å²) >= 11 is 1.28. The van der Waals surface area contributed by atoms with Crippen LogP contribution < -0.4 is 11.1 Å². The number of nitrogen functional groups attached to an aromatic ring is 1. The van der Waals surface area contributed by atoms with Crippen LogP contribution in [0, 0.1) is 43.4 Å². The van der Waals surface area contributed by atoms with Crippen LogP contribution in [0.1, 0.15) is 34.2 Å². The topological polar surface area (TPSA) is 116 Å². The number of anilines is 2. The number of rotatable bonds is 6. The van der Waals surface area contributed by atoms with Crippen molar-refractivity contribution in [2.45, 2.75) is 32.2 Å². The van der Waals surface area contributed by atoms with Crippen LogP contribution in [0.15, 0.2) is 47.5 Å². The Bertz CT molecular complexity index is 1250. The third-order valence-electron chi connectivity index (χ3n) is 5.11. The minimum absolute atomic E-state index is 0.0733. The fraction of sp³-hybridized carbons (Fsp3) is 0.200. The Kier molecular flexibility index (Phi) is 7.14. The van der Waals surface area contributed by atoms with Gasteiger partial charge in [-0.15, -0.1) is 11.8 Å². The van der Waals surface area contributed by atoms with Crippen LogP contribution in [0.4, 0.5) is 11.5 Å². The van der Waals surface area contributed by atoms with Crippen molar-refractivity contribution in [3.63, 3.8) is 0 Å². The van der Waals surface area contributed by atoms with Gasteiger partial charge in [-0.2, -0.15) is 10.5 Å². The summed E-state index contributed by atoms with van der Waals surface area (Å²) in [6, 6.07) is 17.6. The van der Waals surface area contributed by atoms with Crippen molar-refractivity contribution in [3.8, 4) is 23.3 Å². The number of nitrogens with two attached hydrogens (primary N) is 1. The number of aromatic nitrogens is 1. The molecule has 0 aliphatic rings. The van der Waals surface area contributed by atoms with Gasteiger partial charge in [0.05, 0.1) is 5.56 Å². The summed E-state index contributed by atoms with van der Waals surface area (Å²) in [5.74, 6) is 0.362. The number of nitrogens with zero attached hydrogens (tertiary/aromatic N) is 3. The molecule has 0 atom stereocenters. The number of carbonyl (C=O) groups is 1. The maximum Gasteiger partial charge on any atom is 0.225 e. The molecule has 3 N–H and O–H groups in total. The number of aryl methyl sites for hydroxylation is 3. The molecule has 3 aromatic rings. The van der Waals surface area contributed by atoms with Crippen LogP contribution in [0.5, 0.6) is 0 Å². The molecule has 3 rings (SSSR count). The first-order chi connectivity index (χ1) is 15.3. The Morgan fingerprint density at radius 1 is 1.03 bits per heavy atom. The minimum atomic E-state index is -0.125. The summed E-state index contributed by atoms with van der Waals surface area (Å²) < 4.78 is 0. The molecule has 0 saturated carbocycles. The zero-order valence-electron chi connectivity index (χ0n) is 18.2. The van der Waals surface area contributed by atoms with Crippen LogP contribution in [0.25, 0.3) is 11.1 Å². The lowest BCUT2D eigenvalue weighted by Gasteiger charge is -2.13. The highest BCUT2D eigenvalue weighted by atomic mass is 32.2. The minimum Gasteiger partial charge on any atom is -0.383 e. The highest BCUT2D eigenvalue weighted by Crippen LogP contribution is 2.35. The lowest BCUT2D eigenvalue weighted by molar-refractivity contribution is -0.115. The third-order valence-corrected chi connectivity index (χ3v) is 6.09. The molecule has 0 bridgehead atoms. The lowest BCUT2D eigenvalue weighted by atomic mass is 9.96. The summed E-state index contributed by atoms with van der Waals surface area (Å²) in [6.07, 6.45) is 0.240. The number of nitrogens with one attached hydrogen (secondary N) is 1. The zero-order valence-corrected chi connectivity index (χ0v) is 19.0. The molecule has 1 aromatic heterocycles. The van der Waals surface area contributed by atoms with Crippen LogP contribution >= 0.6 is 11.8 Å². The maximum absolute atomic E-state index is 12.4. The summed E-state index contributed by atoms with van der Waals surface area (Å²) in [4.78, 5) is 16.6. The molecule has 1 heterocycles. The Morgan fingerprint density at radius 3 is 2.34 bits per heavy atom. The van der Waals surface area contributed by atoms with E-state index in [9.17, 15) is 15.3 Å². The summed E-state index contributed by atoms with van der Waals surface area (Å²) in [5, 5.41) is 22.8. The fourth-order valence-electron chi connectivity index (χ4n) is 3.19. The van der Waals surface area contributed by atoms with E-state index >= 15 is 0 Å². The van der Waals surface area contributed by atoms with Crippen LogP contribution in [-0.4, -0.2) is 16.6 Å². The Balaban J connectivity index is 1.80. The fourth-order valence-corrected chi connectivity index (χ4v) is 4.13. The standard InChI is InChI=1S/C25H23N5OS/c1-15-4-7-18(8-5-15)23-20(13-26)24(28)30-25(21(23)14-27)32-11-10-22(31)29-19-9-6-16(2)17(3)12-19/h4-9,12H,10-11H2,1-3H3,(H2,28,30)(H,29,31). The number of thioether (sulfide) groups is 1. The van der Waals surface area contributed by atoms with E-state index in [2.05, 4.69) is 22.4 Å². The van der Waals surface area contributed by atoms with Gasteiger partial charge in [-0.05, 0) is 49.6 Å². The van der Waals surface area contributed by atoms with Gasteiger partial charge in [-0.1, -0.05) is 35.9 Å². The van der Waals surface area contributed by atoms with Crippen LogP contribution in [0.3, 0.4) is 0 Å². The quantitative estimate of drug-likeness (QED) is 0.513. The molecule has 1 amide bonds. The molecule has 0 aliphatic heterocycles. The largest absolute Gasteiger partial charge is 0.383 e. The van der Waals surface area contributed by atoms with Gasteiger partial charge >= 0.3 is 0 Å². The molecule has 32 heavy (non-hydrogen) atoms. The summed E-state index contributed by atoms with van der Waals surface area (Å²) in [5.41, 5.74) is 11.8. The van der Waals surface area contributed by atoms with Gasteiger partial charge in [0.2, 0.25) is 5.91 Å². The van der Waals surface area contributed by atoms with Crippen molar-refractivity contribution in [1.82, 2.24) is 4.98 Å². The van der Waals surface area contributed by atoms with Crippen molar-refractivity contribution >= 4 is 29.2 Å². The number of hydrogen-bond acceptors (Lipinski definition) is 6. The first kappa shape index (κ1) is 22.9. The predicted octanol–water partition coefficient (Wildman–Crippen LogP) is 5.12. The van der Waals surface area contributed by atoms with E-state index in [-0.39, 0.29) is 23.7 Å². The number of amides is 1. The Hall–Kier alpha value is -3.81. The first-order valence-electron chi connectivity index (χ1n) is 10.0. The number of nitriles is 2. The summed E-state index contributed by atoms with van der Waals surface area (Å²) in [6.45, 7) is 5.98. The lowest BCUT2D eigenvalue weighted by Crippen LogP contribution is -2.12. The third kappa shape index (κ3) is 5.08. The predicted molar refractivity (Wildman–Crippen MR) is 128 cm³/mol. The summed E-state index contributed by atoms with van der Waals surface area (Å²) in [7, 11) is 0. The van der Waals surface area contributed by atoms with E-state index in [1.807, 2.05) is 63.2 Å². The molecule has 0 aliphatic carbocycles. The number of hydrogen-bond donors (Lipinski definition) is 2. The van der Waals surface area contributed by atoms with Gasteiger partial charge in [0.25, 0.3) is 0 Å². The van der Waals surface area contributed by atoms with Gasteiger partial charge in [-0.3, -0.25) is 4.79 Å². The van der Waals surface area contributed by atoms with Crippen LogP contribution in [0.2, 0.25) is 0 Å². The molecular weight excluding hydrogens is 418 g/mol. The number of carbonyl (C=O) groups excluding carboxylic acids is 1. The normalized spacial score (nSPS) is 10.3. The molecule has 6 nitrogen and oxygen atoms in total. The van der Waals surface area contributed by atoms with Gasteiger partial charge < -0.3 is 11.1 Å². The molecule has 0 fully saturated rings. The van der Waals surface area contributed by atoms with E-state index in [1.54, 1.807) is 0 Å². The molecule has 0 radical (unpaired) electrons. The smallest absolute Gasteiger partial charge is 0.225 e. The second-order valence-electron chi connectivity index (χ2n) is 7.46. The molecular formula is C25H23N5OS. The molecule has 0 unspecified atom stereocenters. The molecule has 7 heteroatoms. The molecule has 0 saturated heterocycles. The van der Waals surface area contributed by atoms with Crippen molar-refractivity contribution in [2.75, 3.05) is 16.8 Å². The van der Waals surface area contributed by atoms with Gasteiger partial charge in [0, 0.05) is 23.4 Å². The highest BCUT2D eigenvalue weighted by Gasteiger charge is 2.20. The Labute approximate surface area is 192 Å². The van der Waals surface area contributed by atoms with Crippen molar-refractivity contribution < 1.29 is 4.79 Å². The van der Waals surface area contributed by atoms with Crippen LogP contribution in [-0.2, 0) is 4.79 Å². The monoisotopic (exact) mass is 441 g/mol. The van der Waals surface area contributed by atoms with Gasteiger partial charge in [0.1, 0.15) is 28.5 Å². The van der Waals surface area contributed by atoms with E-state index in [1.165, 1.54) is 11.8 Å². The van der Waals surface area contributed by atoms with Crippen molar-refractivity contribution in [2.24, 2.45) is 0 Å². The zero-order chi connectivity index (χ0) is 23.3. The molecule has 160 valence electrons. The average Bonchev–Trinajstić information content (AvgIpc) is 2.76. The van der Waals surface area contributed by atoms with E-state index in [4.69, 9.17) is 5.73 Å². The van der Waals surface area contributed by atoms with E-state index in [0.717, 1.165) is 27.9 Å². The second kappa shape index (κ2) is 10.00. The molecule has 2 aromatic carbocycles. The second-order valence-corrected chi connectivity index (χ2v) is 8.55. The van der Waals surface area contributed by atoms with E-state index < -0.39 is 0 Å². The average molecular weight is 442 g/mol. The van der Waals surface area contributed by atoms with Crippen molar-refractivity contribution in [3.05, 3.63) is 70.3 Å². The number of pyridine rings is 1. The SMILES string of the molecule is Cc1ccc(-c2c(C#N)c(N)nc(SCCC(=O)Nc3ccc(C)c(C)c3)c2C#N)cc1. The highest BCUT2D eigenvalue weighted by molar-refractivity contribution is 7.99. The molecule has 0 spiro atoms. The van der Waals surface area contributed by atoms with Gasteiger partial charge in [0.15, 0.2) is 0 Å². The van der Waals surface area contributed by atoms with Crippen molar-refractivity contribution in [1.29, 1.82) is 10.5 Å². The van der Waals surface area contributed by atoms with E-state index in [0.29, 0.717) is 21.9 Å². The Morgan fingerprint density at radius 2 is 1.72 bits per heavy atom. The van der Waals surface area contributed by atoms with Gasteiger partial charge in [-0.25, -0.2) is 4.98 Å².